The number of hydrogen-bond donors (Lipinski definition) is 1. The Morgan fingerprint density at radius 2 is 2.15 bits per heavy atom. The standard InChI is InChI=1S/C16H20FN3/c17-13-6-7-15(12(10-13)11-18)20-9-2-1-5-16(20)14-4-3-8-19-14/h6-7,10,14,16,19H,1-5,8-9H2. The lowest BCUT2D eigenvalue weighted by atomic mass is 9.93. The van der Waals surface area contributed by atoms with Crippen LogP contribution in [0.15, 0.2) is 18.2 Å². The van der Waals surface area contributed by atoms with Gasteiger partial charge in [0.05, 0.1) is 11.3 Å². The van der Waals surface area contributed by atoms with Crippen molar-refractivity contribution < 1.29 is 4.39 Å². The van der Waals surface area contributed by atoms with Crippen molar-refractivity contribution in [3.8, 4) is 6.07 Å². The highest BCUT2D eigenvalue weighted by molar-refractivity contribution is 5.60. The molecule has 3 nitrogen and oxygen atoms in total. The van der Waals surface area contributed by atoms with E-state index in [1.54, 1.807) is 6.07 Å². The van der Waals surface area contributed by atoms with Crippen LogP contribution in [-0.4, -0.2) is 25.2 Å². The van der Waals surface area contributed by atoms with Gasteiger partial charge in [-0.15, -0.1) is 0 Å². The molecule has 1 aromatic rings. The quantitative estimate of drug-likeness (QED) is 0.900. The van der Waals surface area contributed by atoms with Gasteiger partial charge >= 0.3 is 0 Å². The zero-order valence-electron chi connectivity index (χ0n) is 11.6. The van der Waals surface area contributed by atoms with Crippen LogP contribution in [0.5, 0.6) is 0 Å². The molecule has 2 aliphatic heterocycles. The third-order valence-electron chi connectivity index (χ3n) is 4.50. The maximum absolute atomic E-state index is 13.3. The van der Waals surface area contributed by atoms with E-state index >= 15 is 0 Å². The van der Waals surface area contributed by atoms with Crippen LogP contribution < -0.4 is 10.2 Å². The van der Waals surface area contributed by atoms with Gasteiger partial charge in [0.1, 0.15) is 11.9 Å². The molecule has 2 unspecified atom stereocenters. The van der Waals surface area contributed by atoms with Gasteiger partial charge in [0.2, 0.25) is 0 Å². The lowest BCUT2D eigenvalue weighted by molar-refractivity contribution is 0.378. The van der Waals surface area contributed by atoms with Crippen LogP contribution in [0.25, 0.3) is 0 Å². The van der Waals surface area contributed by atoms with Crippen molar-refractivity contribution in [2.24, 2.45) is 0 Å². The highest BCUT2D eigenvalue weighted by Crippen LogP contribution is 2.31. The molecule has 2 aliphatic rings. The van der Waals surface area contributed by atoms with Gasteiger partial charge in [-0.2, -0.15) is 5.26 Å². The van der Waals surface area contributed by atoms with Gasteiger partial charge in [0, 0.05) is 18.6 Å². The van der Waals surface area contributed by atoms with Gasteiger partial charge in [-0.3, -0.25) is 0 Å². The average molecular weight is 273 g/mol. The van der Waals surface area contributed by atoms with Gasteiger partial charge < -0.3 is 10.2 Å². The first kappa shape index (κ1) is 13.4. The smallest absolute Gasteiger partial charge is 0.124 e. The van der Waals surface area contributed by atoms with Crippen LogP contribution in [0.3, 0.4) is 0 Å². The number of anilines is 1. The van der Waals surface area contributed by atoms with Crippen molar-refractivity contribution in [3.05, 3.63) is 29.6 Å². The highest BCUT2D eigenvalue weighted by atomic mass is 19.1. The number of piperidine rings is 1. The summed E-state index contributed by atoms with van der Waals surface area (Å²) < 4.78 is 13.3. The molecule has 0 aliphatic carbocycles. The topological polar surface area (TPSA) is 39.1 Å². The van der Waals surface area contributed by atoms with Crippen LogP contribution in [0, 0.1) is 17.1 Å². The number of halogens is 1. The van der Waals surface area contributed by atoms with Gasteiger partial charge in [0.25, 0.3) is 0 Å². The van der Waals surface area contributed by atoms with Crippen LogP contribution in [-0.2, 0) is 0 Å². The third kappa shape index (κ3) is 2.51. The van der Waals surface area contributed by atoms with Crippen molar-refractivity contribution in [1.29, 1.82) is 5.26 Å². The molecule has 2 fully saturated rings. The molecule has 0 amide bonds. The van der Waals surface area contributed by atoms with Crippen molar-refractivity contribution in [3.63, 3.8) is 0 Å². The Morgan fingerprint density at radius 1 is 1.25 bits per heavy atom. The molecule has 2 heterocycles. The van der Waals surface area contributed by atoms with E-state index in [9.17, 15) is 9.65 Å². The van der Waals surface area contributed by atoms with E-state index in [0.717, 1.165) is 31.6 Å². The molecular formula is C16H20FN3. The second-order valence-corrected chi connectivity index (χ2v) is 5.73. The summed E-state index contributed by atoms with van der Waals surface area (Å²) in [6.07, 6.45) is 5.96. The summed E-state index contributed by atoms with van der Waals surface area (Å²) in [5.41, 5.74) is 1.35. The van der Waals surface area contributed by atoms with E-state index in [0.29, 0.717) is 17.6 Å². The lowest BCUT2D eigenvalue weighted by Crippen LogP contribution is -2.50. The number of hydrogen-bond acceptors (Lipinski definition) is 3. The van der Waals surface area contributed by atoms with E-state index in [-0.39, 0.29) is 5.82 Å². The van der Waals surface area contributed by atoms with E-state index in [1.807, 2.05) is 0 Å². The minimum Gasteiger partial charge on any atom is -0.366 e. The molecule has 0 aromatic heterocycles. The van der Waals surface area contributed by atoms with Crippen LogP contribution in [0.1, 0.15) is 37.7 Å². The van der Waals surface area contributed by atoms with Crippen molar-refractivity contribution in [1.82, 2.24) is 5.32 Å². The monoisotopic (exact) mass is 273 g/mol. The Morgan fingerprint density at radius 3 is 2.90 bits per heavy atom. The zero-order chi connectivity index (χ0) is 13.9. The number of rotatable bonds is 2. The molecule has 2 atom stereocenters. The largest absolute Gasteiger partial charge is 0.366 e. The number of benzene rings is 1. The molecule has 20 heavy (non-hydrogen) atoms. The summed E-state index contributed by atoms with van der Waals surface area (Å²) in [6.45, 7) is 2.05. The molecule has 0 radical (unpaired) electrons. The molecule has 106 valence electrons. The summed E-state index contributed by atoms with van der Waals surface area (Å²) in [7, 11) is 0. The highest BCUT2D eigenvalue weighted by Gasteiger charge is 2.32. The Balaban J connectivity index is 1.91. The first-order valence-corrected chi connectivity index (χ1v) is 7.49. The zero-order valence-corrected chi connectivity index (χ0v) is 11.6. The molecule has 1 N–H and O–H groups in total. The molecule has 2 saturated heterocycles. The molecule has 0 spiro atoms. The van der Waals surface area contributed by atoms with Crippen LogP contribution in [0.2, 0.25) is 0 Å². The Bertz CT molecular complexity index is 517. The maximum Gasteiger partial charge on any atom is 0.124 e. The van der Waals surface area contributed by atoms with Gasteiger partial charge in [-0.25, -0.2) is 4.39 Å². The van der Waals surface area contributed by atoms with Crippen molar-refractivity contribution in [2.75, 3.05) is 18.0 Å². The molecule has 3 rings (SSSR count). The van der Waals surface area contributed by atoms with Gasteiger partial charge in [-0.05, 0) is 56.8 Å². The fourth-order valence-corrected chi connectivity index (χ4v) is 3.56. The summed E-state index contributed by atoms with van der Waals surface area (Å²) in [5.74, 6) is -0.335. The Hall–Kier alpha value is -1.60. The molecule has 0 bridgehead atoms. The maximum atomic E-state index is 13.3. The third-order valence-corrected chi connectivity index (χ3v) is 4.50. The first-order chi connectivity index (χ1) is 9.79. The molecule has 4 heteroatoms. The summed E-state index contributed by atoms with van der Waals surface area (Å²) in [6, 6.07) is 7.66. The predicted octanol–water partition coefficient (Wildman–Crippen LogP) is 2.81. The van der Waals surface area contributed by atoms with Crippen LogP contribution >= 0.6 is 0 Å². The van der Waals surface area contributed by atoms with E-state index in [4.69, 9.17) is 0 Å². The Labute approximate surface area is 119 Å². The van der Waals surface area contributed by atoms with Gasteiger partial charge in [0.15, 0.2) is 0 Å². The van der Waals surface area contributed by atoms with E-state index < -0.39 is 0 Å². The summed E-state index contributed by atoms with van der Waals surface area (Å²) in [5, 5.41) is 12.8. The number of nitrogens with zero attached hydrogens (tertiary/aromatic N) is 2. The fraction of sp³-hybridized carbons (Fsp3) is 0.562. The second kappa shape index (κ2) is 5.80. The summed E-state index contributed by atoms with van der Waals surface area (Å²) in [4.78, 5) is 2.32. The second-order valence-electron chi connectivity index (χ2n) is 5.73. The minimum atomic E-state index is -0.335. The average Bonchev–Trinajstić information content (AvgIpc) is 3.01. The Kier molecular flexibility index (Phi) is 3.88. The minimum absolute atomic E-state index is 0.335. The normalized spacial score (nSPS) is 26.5. The van der Waals surface area contributed by atoms with Crippen LogP contribution in [0.4, 0.5) is 10.1 Å². The molecule has 0 saturated carbocycles. The molecular weight excluding hydrogens is 253 g/mol. The lowest BCUT2D eigenvalue weighted by Gasteiger charge is -2.41. The first-order valence-electron chi connectivity index (χ1n) is 7.49. The SMILES string of the molecule is N#Cc1cc(F)ccc1N1CCCCC1C1CCCN1. The van der Waals surface area contributed by atoms with Crippen molar-refractivity contribution in [2.45, 2.75) is 44.2 Å². The predicted molar refractivity (Wildman–Crippen MR) is 77.1 cm³/mol. The van der Waals surface area contributed by atoms with E-state index in [1.165, 1.54) is 31.4 Å². The molecule has 1 aromatic carbocycles. The van der Waals surface area contributed by atoms with E-state index in [2.05, 4.69) is 16.3 Å². The van der Waals surface area contributed by atoms with Gasteiger partial charge in [-0.1, -0.05) is 0 Å². The summed E-state index contributed by atoms with van der Waals surface area (Å²) >= 11 is 0. The fourth-order valence-electron chi connectivity index (χ4n) is 3.56. The number of nitriles is 1. The van der Waals surface area contributed by atoms with Crippen molar-refractivity contribution >= 4 is 5.69 Å². The number of nitrogens with one attached hydrogen (secondary N) is 1.